The summed E-state index contributed by atoms with van der Waals surface area (Å²) in [6.07, 6.45) is 0.0100. The van der Waals surface area contributed by atoms with Crippen molar-refractivity contribution in [1.82, 2.24) is 10.1 Å². The maximum Gasteiger partial charge on any atom is 0.293 e. The monoisotopic (exact) mass is 248 g/mol. The van der Waals surface area contributed by atoms with E-state index in [1.165, 1.54) is 0 Å². The van der Waals surface area contributed by atoms with Crippen LogP contribution in [0.3, 0.4) is 0 Å². The fourth-order valence-electron chi connectivity index (χ4n) is 2.24. The Hall–Kier alpha value is -1.91. The van der Waals surface area contributed by atoms with E-state index < -0.39 is 6.17 Å². The summed E-state index contributed by atoms with van der Waals surface area (Å²) in [4.78, 5) is 13.9. The van der Waals surface area contributed by atoms with Gasteiger partial charge in [-0.05, 0) is 25.0 Å². The molecule has 0 unspecified atom stereocenters. The minimum atomic E-state index is -0.791. The van der Waals surface area contributed by atoms with Gasteiger partial charge in [-0.15, -0.1) is 0 Å². The van der Waals surface area contributed by atoms with Crippen LogP contribution < -0.4 is 0 Å². The van der Waals surface area contributed by atoms with Gasteiger partial charge in [0.1, 0.15) is 11.7 Å². The summed E-state index contributed by atoms with van der Waals surface area (Å²) < 4.78 is 18.2. The summed E-state index contributed by atoms with van der Waals surface area (Å²) in [6, 6.07) is 7.28. The largest absolute Gasteiger partial charge is 0.350 e. The van der Waals surface area contributed by atoms with Crippen molar-refractivity contribution in [3.05, 3.63) is 30.0 Å². The Bertz CT molecular complexity index is 573. The minimum Gasteiger partial charge on any atom is -0.350 e. The smallest absolute Gasteiger partial charge is 0.293 e. The number of carbonyl (C=O) groups is 1. The van der Waals surface area contributed by atoms with Crippen LogP contribution >= 0.6 is 0 Å². The number of benzene rings is 1. The molecule has 94 valence electrons. The molecule has 1 aromatic carbocycles. The number of hydrogen-bond donors (Lipinski definition) is 0. The van der Waals surface area contributed by atoms with Crippen LogP contribution in [0.1, 0.15) is 23.4 Å². The Labute approximate surface area is 103 Å². The Morgan fingerprint density at radius 2 is 2.06 bits per heavy atom. The molecule has 5 heteroatoms. The molecule has 0 bridgehead atoms. The number of hydrogen-bond acceptors (Lipinski definition) is 3. The maximum absolute atomic E-state index is 13.0. The zero-order valence-corrected chi connectivity index (χ0v) is 9.80. The van der Waals surface area contributed by atoms with Crippen molar-refractivity contribution in [3.8, 4) is 0 Å². The molecule has 3 rings (SSSR count). The third-order valence-corrected chi connectivity index (χ3v) is 3.29. The first-order chi connectivity index (χ1) is 8.75. The van der Waals surface area contributed by atoms with E-state index in [-0.39, 0.29) is 11.7 Å². The van der Waals surface area contributed by atoms with Crippen LogP contribution in [-0.4, -0.2) is 35.2 Å². The third kappa shape index (κ3) is 1.85. The lowest BCUT2D eigenvalue weighted by Gasteiger charge is -2.27. The van der Waals surface area contributed by atoms with E-state index in [1.807, 2.05) is 12.1 Å². The molecule has 0 atom stereocenters. The van der Waals surface area contributed by atoms with Gasteiger partial charge in [0.05, 0.1) is 5.39 Å². The number of halogens is 1. The average Bonchev–Trinajstić information content (AvgIpc) is 2.82. The molecule has 1 aliphatic rings. The molecule has 1 aliphatic heterocycles. The predicted octanol–water partition coefficient (Wildman–Crippen LogP) is 2.40. The van der Waals surface area contributed by atoms with Gasteiger partial charge >= 0.3 is 0 Å². The van der Waals surface area contributed by atoms with E-state index in [4.69, 9.17) is 4.52 Å². The number of fused-ring (bicyclic) bond motifs is 1. The van der Waals surface area contributed by atoms with Gasteiger partial charge in [-0.25, -0.2) is 4.39 Å². The normalized spacial score (nSPS) is 17.3. The van der Waals surface area contributed by atoms with Crippen molar-refractivity contribution in [2.24, 2.45) is 0 Å². The van der Waals surface area contributed by atoms with Crippen molar-refractivity contribution in [2.45, 2.75) is 19.0 Å². The Kier molecular flexibility index (Phi) is 2.74. The summed E-state index contributed by atoms with van der Waals surface area (Å²) in [5.74, 6) is 0.0542. The van der Waals surface area contributed by atoms with Gasteiger partial charge in [0, 0.05) is 13.1 Å². The number of nitrogens with zero attached hydrogens (tertiary/aromatic N) is 2. The highest BCUT2D eigenvalue weighted by Crippen LogP contribution is 2.21. The number of aromatic nitrogens is 1. The van der Waals surface area contributed by atoms with Crippen LogP contribution in [0.25, 0.3) is 10.9 Å². The van der Waals surface area contributed by atoms with Crippen molar-refractivity contribution in [2.75, 3.05) is 13.1 Å². The van der Waals surface area contributed by atoms with Crippen molar-refractivity contribution >= 4 is 16.8 Å². The Morgan fingerprint density at radius 3 is 2.83 bits per heavy atom. The van der Waals surface area contributed by atoms with Crippen molar-refractivity contribution in [1.29, 1.82) is 0 Å². The highest BCUT2D eigenvalue weighted by molar-refractivity contribution is 6.03. The molecule has 1 saturated heterocycles. The fraction of sp³-hybridized carbons (Fsp3) is 0.385. The molecule has 18 heavy (non-hydrogen) atoms. The lowest BCUT2D eigenvalue weighted by Crippen LogP contribution is -2.38. The maximum atomic E-state index is 13.0. The fourth-order valence-corrected chi connectivity index (χ4v) is 2.24. The van der Waals surface area contributed by atoms with Crippen LogP contribution in [0.5, 0.6) is 0 Å². The van der Waals surface area contributed by atoms with Crippen LogP contribution in [0.2, 0.25) is 0 Å². The molecular formula is C13H13FN2O2. The lowest BCUT2D eigenvalue weighted by molar-refractivity contribution is 0.0629. The molecular weight excluding hydrogens is 235 g/mol. The number of piperidine rings is 1. The van der Waals surface area contributed by atoms with Crippen LogP contribution in [0.4, 0.5) is 4.39 Å². The highest BCUT2D eigenvalue weighted by atomic mass is 19.1. The van der Waals surface area contributed by atoms with Gasteiger partial charge in [0.15, 0.2) is 0 Å². The molecule has 4 nitrogen and oxygen atoms in total. The number of likely N-dealkylation sites (tertiary alicyclic amines) is 1. The first kappa shape index (κ1) is 11.2. The molecule has 0 N–H and O–H groups in total. The number of alkyl halides is 1. The van der Waals surface area contributed by atoms with E-state index in [9.17, 15) is 9.18 Å². The van der Waals surface area contributed by atoms with E-state index in [0.29, 0.717) is 36.8 Å². The zero-order chi connectivity index (χ0) is 12.5. The zero-order valence-electron chi connectivity index (χ0n) is 9.80. The van der Waals surface area contributed by atoms with Gasteiger partial charge in [-0.2, -0.15) is 0 Å². The molecule has 2 heterocycles. The lowest BCUT2D eigenvalue weighted by atomic mass is 10.1. The number of carbonyl (C=O) groups excluding carboxylic acids is 1. The topological polar surface area (TPSA) is 46.3 Å². The van der Waals surface area contributed by atoms with Gasteiger partial charge in [0.25, 0.3) is 5.91 Å². The van der Waals surface area contributed by atoms with Crippen molar-refractivity contribution in [3.63, 3.8) is 0 Å². The van der Waals surface area contributed by atoms with Crippen LogP contribution in [0.15, 0.2) is 28.8 Å². The second kappa shape index (κ2) is 4.40. The average molecular weight is 248 g/mol. The standard InChI is InChI=1S/C13H13FN2O2/c14-9-5-7-16(8-6-9)13(17)12-10-3-1-2-4-11(10)15-18-12/h1-4,9H,5-8H2. The van der Waals surface area contributed by atoms with Crippen LogP contribution in [0, 0.1) is 0 Å². The number of amides is 1. The molecule has 0 radical (unpaired) electrons. The second-order valence-electron chi connectivity index (χ2n) is 4.50. The predicted molar refractivity (Wildman–Crippen MR) is 64.0 cm³/mol. The molecule has 2 aromatic rings. The van der Waals surface area contributed by atoms with E-state index >= 15 is 0 Å². The molecule has 0 spiro atoms. The van der Waals surface area contributed by atoms with E-state index in [0.717, 1.165) is 0 Å². The summed E-state index contributed by atoms with van der Waals surface area (Å²) in [7, 11) is 0. The summed E-state index contributed by atoms with van der Waals surface area (Å²) in [6.45, 7) is 0.879. The molecule has 1 amide bonds. The summed E-state index contributed by atoms with van der Waals surface area (Å²) in [5.41, 5.74) is 0.668. The molecule has 0 saturated carbocycles. The van der Waals surface area contributed by atoms with E-state index in [1.54, 1.807) is 17.0 Å². The highest BCUT2D eigenvalue weighted by Gasteiger charge is 2.26. The van der Waals surface area contributed by atoms with Gasteiger partial charge in [0.2, 0.25) is 5.76 Å². The SMILES string of the molecule is O=C(c1onc2ccccc12)N1CCC(F)CC1. The minimum absolute atomic E-state index is 0.199. The molecule has 0 aliphatic carbocycles. The quantitative estimate of drug-likeness (QED) is 0.778. The van der Waals surface area contributed by atoms with Gasteiger partial charge in [-0.1, -0.05) is 17.3 Å². The van der Waals surface area contributed by atoms with E-state index in [2.05, 4.69) is 5.16 Å². The number of rotatable bonds is 1. The Morgan fingerprint density at radius 1 is 1.33 bits per heavy atom. The summed E-state index contributed by atoms with van der Waals surface area (Å²) >= 11 is 0. The molecule has 1 aromatic heterocycles. The second-order valence-corrected chi connectivity index (χ2v) is 4.50. The Balaban J connectivity index is 1.88. The van der Waals surface area contributed by atoms with Crippen molar-refractivity contribution < 1.29 is 13.7 Å². The van der Waals surface area contributed by atoms with Crippen LogP contribution in [-0.2, 0) is 0 Å². The summed E-state index contributed by atoms with van der Waals surface area (Å²) in [5, 5.41) is 4.57. The third-order valence-electron chi connectivity index (χ3n) is 3.29. The first-order valence-electron chi connectivity index (χ1n) is 6.03. The van der Waals surface area contributed by atoms with Gasteiger partial charge in [-0.3, -0.25) is 4.79 Å². The van der Waals surface area contributed by atoms with Gasteiger partial charge < -0.3 is 9.42 Å². The molecule has 1 fully saturated rings. The first-order valence-corrected chi connectivity index (χ1v) is 6.03.